The molecule has 4 aliphatic rings. The third-order valence-corrected chi connectivity index (χ3v) is 8.77. The monoisotopic (exact) mass is 572 g/mol. The minimum absolute atomic E-state index is 0.00936. The van der Waals surface area contributed by atoms with E-state index in [2.05, 4.69) is 21.3 Å². The molecule has 8 nitrogen and oxygen atoms in total. The largest absolute Gasteiger partial charge is 0.416 e. The number of pyridine rings is 1. The van der Waals surface area contributed by atoms with Crippen LogP contribution >= 0.6 is 0 Å². The Morgan fingerprint density at radius 2 is 1.98 bits per heavy atom. The summed E-state index contributed by atoms with van der Waals surface area (Å²) in [6.45, 7) is 2.81. The molecule has 2 amide bonds. The van der Waals surface area contributed by atoms with Gasteiger partial charge < -0.3 is 19.7 Å². The van der Waals surface area contributed by atoms with Crippen molar-refractivity contribution in [3.05, 3.63) is 64.5 Å². The molecule has 2 saturated heterocycles. The second kappa shape index (κ2) is 11.7. The first kappa shape index (κ1) is 28.1. The van der Waals surface area contributed by atoms with E-state index in [1.165, 1.54) is 16.5 Å². The number of benzene rings is 1. The molecule has 0 bridgehead atoms. The van der Waals surface area contributed by atoms with Crippen molar-refractivity contribution in [2.45, 2.75) is 69.0 Å². The lowest BCUT2D eigenvalue weighted by molar-refractivity contribution is -0.137. The normalized spacial score (nSPS) is 26.9. The van der Waals surface area contributed by atoms with Crippen LogP contribution in [-0.4, -0.2) is 84.2 Å². The molecule has 4 atom stereocenters. The number of alkyl halides is 3. The van der Waals surface area contributed by atoms with Crippen LogP contribution in [0.1, 0.15) is 64.5 Å². The Bertz CT molecular complexity index is 1280. The number of carbonyl (C=O) groups excluding carboxylic acids is 2. The third kappa shape index (κ3) is 6.12. The predicted octanol–water partition coefficient (Wildman–Crippen LogP) is 3.54. The van der Waals surface area contributed by atoms with Crippen molar-refractivity contribution < 1.29 is 32.2 Å². The van der Waals surface area contributed by atoms with E-state index >= 15 is 0 Å². The van der Waals surface area contributed by atoms with Gasteiger partial charge in [0.25, 0.3) is 5.91 Å². The molecule has 0 radical (unpaired) electrons. The molecular formula is C30H35F3N4O4. The van der Waals surface area contributed by atoms with E-state index in [1.54, 1.807) is 6.20 Å². The van der Waals surface area contributed by atoms with Crippen LogP contribution < -0.4 is 5.32 Å². The highest BCUT2D eigenvalue weighted by atomic mass is 19.4. The minimum atomic E-state index is -4.54. The summed E-state index contributed by atoms with van der Waals surface area (Å²) in [4.78, 5) is 34.6. The fourth-order valence-corrected chi connectivity index (χ4v) is 6.62. The lowest BCUT2D eigenvalue weighted by Crippen LogP contribution is -2.50. The first-order chi connectivity index (χ1) is 19.8. The molecule has 2 fully saturated rings. The van der Waals surface area contributed by atoms with E-state index in [9.17, 15) is 22.8 Å². The SMILES string of the molecule is O=C(CN1CCc2ccc(C(F)(F)F)cc2C1=O)NC1CN(C2CCCOCC2)C[C@@H]1OC1CCc2cccnc21. The van der Waals surface area contributed by atoms with Gasteiger partial charge in [0, 0.05) is 50.7 Å². The number of fused-ring (bicyclic) bond motifs is 2. The van der Waals surface area contributed by atoms with Gasteiger partial charge in [-0.25, -0.2) is 0 Å². The van der Waals surface area contributed by atoms with E-state index in [-0.39, 0.29) is 42.8 Å². The van der Waals surface area contributed by atoms with E-state index < -0.39 is 17.6 Å². The fourth-order valence-electron chi connectivity index (χ4n) is 6.62. The molecule has 6 rings (SSSR count). The van der Waals surface area contributed by atoms with Gasteiger partial charge in [-0.1, -0.05) is 12.1 Å². The third-order valence-electron chi connectivity index (χ3n) is 8.77. The van der Waals surface area contributed by atoms with Gasteiger partial charge in [-0.3, -0.25) is 19.5 Å². The molecule has 1 aromatic heterocycles. The molecule has 1 N–H and O–H groups in total. The van der Waals surface area contributed by atoms with Crippen molar-refractivity contribution in [2.75, 3.05) is 39.4 Å². The zero-order chi connectivity index (χ0) is 28.6. The zero-order valence-corrected chi connectivity index (χ0v) is 22.9. The van der Waals surface area contributed by atoms with Crippen LogP contribution in [-0.2, 0) is 33.3 Å². The van der Waals surface area contributed by atoms with Gasteiger partial charge in [0.1, 0.15) is 6.10 Å². The van der Waals surface area contributed by atoms with Gasteiger partial charge in [0.05, 0.1) is 29.9 Å². The lowest BCUT2D eigenvalue weighted by atomic mass is 9.96. The molecule has 3 unspecified atom stereocenters. The van der Waals surface area contributed by atoms with Crippen molar-refractivity contribution >= 4 is 11.8 Å². The van der Waals surface area contributed by atoms with Gasteiger partial charge in [-0.05, 0) is 67.9 Å². The second-order valence-electron chi connectivity index (χ2n) is 11.4. The highest BCUT2D eigenvalue weighted by Crippen LogP contribution is 2.35. The summed E-state index contributed by atoms with van der Waals surface area (Å²) in [5, 5.41) is 3.11. The predicted molar refractivity (Wildman–Crippen MR) is 143 cm³/mol. The van der Waals surface area contributed by atoms with E-state index in [1.807, 2.05) is 6.07 Å². The number of halogens is 3. The first-order valence-electron chi connectivity index (χ1n) is 14.5. The molecule has 1 aliphatic carbocycles. The Morgan fingerprint density at radius 1 is 1.10 bits per heavy atom. The van der Waals surface area contributed by atoms with Crippen LogP contribution in [0.3, 0.4) is 0 Å². The standard InChI is InChI=1S/C30H35F3N4O4/c31-30(32,33)21-7-5-19-9-12-36(29(39)23(19)15-21)18-27(38)35-24-16-37(22-4-2-13-40-14-10-22)17-26(24)41-25-8-6-20-3-1-11-34-28(20)25/h1,3,5,7,11,15,22,24-26H,2,4,6,8-10,12-14,16-18H2,(H,35,38)/t22?,24?,25?,26-/m0/s1. The highest BCUT2D eigenvalue weighted by molar-refractivity contribution is 5.99. The van der Waals surface area contributed by atoms with Crippen molar-refractivity contribution in [2.24, 2.45) is 0 Å². The number of nitrogens with zero attached hydrogens (tertiary/aromatic N) is 3. The van der Waals surface area contributed by atoms with Crippen molar-refractivity contribution in [3.8, 4) is 0 Å². The number of hydrogen-bond donors (Lipinski definition) is 1. The fraction of sp³-hybridized carbons (Fsp3) is 0.567. The smallest absolute Gasteiger partial charge is 0.381 e. The Balaban J connectivity index is 1.14. The van der Waals surface area contributed by atoms with Crippen molar-refractivity contribution in [1.82, 2.24) is 20.1 Å². The molecule has 2 aromatic rings. The zero-order valence-electron chi connectivity index (χ0n) is 22.9. The number of hydrogen-bond acceptors (Lipinski definition) is 6. The summed E-state index contributed by atoms with van der Waals surface area (Å²) in [7, 11) is 0. The summed E-state index contributed by atoms with van der Waals surface area (Å²) >= 11 is 0. The van der Waals surface area contributed by atoms with Crippen LogP contribution in [0.5, 0.6) is 0 Å². The lowest BCUT2D eigenvalue weighted by Gasteiger charge is -2.30. The van der Waals surface area contributed by atoms with Crippen LogP contribution in [0.15, 0.2) is 36.5 Å². The molecule has 3 aliphatic heterocycles. The summed E-state index contributed by atoms with van der Waals surface area (Å²) in [6, 6.07) is 7.30. The average molecular weight is 573 g/mol. The molecule has 4 heterocycles. The highest BCUT2D eigenvalue weighted by Gasteiger charge is 2.41. The van der Waals surface area contributed by atoms with E-state index in [4.69, 9.17) is 9.47 Å². The molecule has 220 valence electrons. The molecule has 11 heteroatoms. The average Bonchev–Trinajstić information content (AvgIpc) is 3.42. The van der Waals surface area contributed by atoms with Crippen LogP contribution in [0.2, 0.25) is 0 Å². The van der Waals surface area contributed by atoms with Crippen molar-refractivity contribution in [1.29, 1.82) is 0 Å². The number of aromatic nitrogens is 1. The van der Waals surface area contributed by atoms with E-state index in [0.29, 0.717) is 37.7 Å². The first-order valence-corrected chi connectivity index (χ1v) is 14.5. The number of ether oxygens (including phenoxy) is 2. The number of nitrogens with one attached hydrogen (secondary N) is 1. The number of likely N-dealkylation sites (tertiary alicyclic amines) is 1. The quantitative estimate of drug-likeness (QED) is 0.570. The van der Waals surface area contributed by atoms with Crippen LogP contribution in [0.4, 0.5) is 13.2 Å². The van der Waals surface area contributed by atoms with Crippen LogP contribution in [0, 0.1) is 0 Å². The van der Waals surface area contributed by atoms with Gasteiger partial charge in [-0.15, -0.1) is 0 Å². The molecule has 0 saturated carbocycles. The van der Waals surface area contributed by atoms with Gasteiger partial charge >= 0.3 is 6.18 Å². The summed E-state index contributed by atoms with van der Waals surface area (Å²) < 4.78 is 52.1. The van der Waals surface area contributed by atoms with Crippen molar-refractivity contribution in [3.63, 3.8) is 0 Å². The van der Waals surface area contributed by atoms with Crippen LogP contribution in [0.25, 0.3) is 0 Å². The summed E-state index contributed by atoms with van der Waals surface area (Å²) in [5.74, 6) is -0.899. The topological polar surface area (TPSA) is 84.0 Å². The molecule has 41 heavy (non-hydrogen) atoms. The Kier molecular flexibility index (Phi) is 8.02. The Morgan fingerprint density at radius 3 is 2.83 bits per heavy atom. The van der Waals surface area contributed by atoms with Gasteiger partial charge in [0.2, 0.25) is 5.91 Å². The summed E-state index contributed by atoms with van der Waals surface area (Å²) in [5.41, 5.74) is 1.85. The maximum Gasteiger partial charge on any atom is 0.416 e. The van der Waals surface area contributed by atoms with E-state index in [0.717, 1.165) is 56.5 Å². The molecule has 0 spiro atoms. The second-order valence-corrected chi connectivity index (χ2v) is 11.4. The Labute approximate surface area is 237 Å². The molecular weight excluding hydrogens is 537 g/mol. The molecule has 1 aromatic carbocycles. The maximum atomic E-state index is 13.3. The maximum absolute atomic E-state index is 13.3. The summed E-state index contributed by atoms with van der Waals surface area (Å²) in [6.07, 6.45) is 1.88. The number of carbonyl (C=O) groups is 2. The number of amides is 2. The minimum Gasteiger partial charge on any atom is -0.381 e. The van der Waals surface area contributed by atoms with Gasteiger partial charge in [0.15, 0.2) is 0 Å². The number of aryl methyl sites for hydroxylation is 1. The van der Waals surface area contributed by atoms with Gasteiger partial charge in [-0.2, -0.15) is 13.2 Å². The number of rotatable bonds is 6. The Hall–Kier alpha value is -3.02.